The Kier molecular flexibility index (Phi) is 4.36. The number of benzene rings is 1. The highest BCUT2D eigenvalue weighted by atomic mass is 35.5. The molecule has 1 aliphatic carbocycles. The predicted octanol–water partition coefficient (Wildman–Crippen LogP) is 0.363. The van der Waals surface area contributed by atoms with Gasteiger partial charge in [0.15, 0.2) is 15.6 Å². The maximum Gasteiger partial charge on any atom is 0.323 e. The van der Waals surface area contributed by atoms with Gasteiger partial charge in [0.05, 0.1) is 12.9 Å². The molecule has 1 aliphatic rings. The van der Waals surface area contributed by atoms with E-state index in [2.05, 4.69) is 4.74 Å². The van der Waals surface area contributed by atoms with Gasteiger partial charge in [0.2, 0.25) is 0 Å². The number of halogens is 1. The highest BCUT2D eigenvalue weighted by molar-refractivity contribution is 7.92. The minimum absolute atomic E-state index is 0.0466. The smallest absolute Gasteiger partial charge is 0.323 e. The first-order chi connectivity index (χ1) is 9.76. The predicted molar refractivity (Wildman–Crippen MR) is 77.1 cm³/mol. The van der Waals surface area contributed by atoms with Gasteiger partial charge in [-0.2, -0.15) is 0 Å². The standard InChI is InChI=1S/C13H14ClNO5S/c1-20-13(17)10(15)6-21(18,19)11-5-7-4-8(14)2-3-9(7)12(11)16/h2-4,10-11H,5-6,15H2,1H3. The number of hydrogen-bond donors (Lipinski definition) is 1. The second kappa shape index (κ2) is 5.75. The molecule has 0 bridgehead atoms. The second-order valence-electron chi connectivity index (χ2n) is 4.82. The molecule has 0 spiro atoms. The highest BCUT2D eigenvalue weighted by Crippen LogP contribution is 2.29. The molecule has 2 atom stereocenters. The monoisotopic (exact) mass is 331 g/mol. The molecule has 0 aromatic heterocycles. The van der Waals surface area contributed by atoms with Crippen molar-refractivity contribution in [3.05, 3.63) is 34.3 Å². The van der Waals surface area contributed by atoms with Crippen LogP contribution in [0.1, 0.15) is 15.9 Å². The third-order valence-corrected chi connectivity index (χ3v) is 5.69. The number of sulfone groups is 1. The average molecular weight is 332 g/mol. The van der Waals surface area contributed by atoms with E-state index < -0.39 is 38.6 Å². The summed E-state index contributed by atoms with van der Waals surface area (Å²) in [4.78, 5) is 23.4. The van der Waals surface area contributed by atoms with E-state index in [1.165, 1.54) is 12.1 Å². The van der Waals surface area contributed by atoms with Crippen molar-refractivity contribution in [3.63, 3.8) is 0 Å². The fraction of sp³-hybridized carbons (Fsp3) is 0.385. The van der Waals surface area contributed by atoms with Crippen LogP contribution >= 0.6 is 11.6 Å². The molecule has 2 rings (SSSR count). The van der Waals surface area contributed by atoms with E-state index in [-0.39, 0.29) is 6.42 Å². The normalized spacial score (nSPS) is 19.2. The van der Waals surface area contributed by atoms with E-state index in [1.807, 2.05) is 0 Å². The van der Waals surface area contributed by atoms with Gasteiger partial charge in [0.25, 0.3) is 0 Å². The van der Waals surface area contributed by atoms with Crippen LogP contribution in [0, 0.1) is 0 Å². The van der Waals surface area contributed by atoms with Crippen molar-refractivity contribution in [3.8, 4) is 0 Å². The molecule has 8 heteroatoms. The summed E-state index contributed by atoms with van der Waals surface area (Å²) in [6.45, 7) is 0. The summed E-state index contributed by atoms with van der Waals surface area (Å²) in [6.07, 6.45) is 0.0466. The van der Waals surface area contributed by atoms with E-state index in [0.29, 0.717) is 16.1 Å². The molecule has 0 amide bonds. The summed E-state index contributed by atoms with van der Waals surface area (Å²) in [7, 11) is -2.74. The third kappa shape index (κ3) is 3.09. The Bertz CT molecular complexity index is 701. The quantitative estimate of drug-likeness (QED) is 0.799. The molecule has 21 heavy (non-hydrogen) atoms. The van der Waals surface area contributed by atoms with Crippen molar-refractivity contribution >= 4 is 33.2 Å². The van der Waals surface area contributed by atoms with E-state index >= 15 is 0 Å². The Morgan fingerprint density at radius 2 is 2.19 bits per heavy atom. The molecule has 2 N–H and O–H groups in total. The number of hydrogen-bond acceptors (Lipinski definition) is 6. The second-order valence-corrected chi connectivity index (χ2v) is 7.48. The summed E-state index contributed by atoms with van der Waals surface area (Å²) in [5, 5.41) is -0.785. The van der Waals surface area contributed by atoms with Gasteiger partial charge in [-0.1, -0.05) is 11.6 Å². The minimum atomic E-state index is -3.86. The Morgan fingerprint density at radius 1 is 1.52 bits per heavy atom. The zero-order valence-electron chi connectivity index (χ0n) is 11.2. The molecular weight excluding hydrogens is 318 g/mol. The van der Waals surface area contributed by atoms with Gasteiger partial charge in [0.1, 0.15) is 11.3 Å². The molecule has 1 aromatic carbocycles. The van der Waals surface area contributed by atoms with Crippen LogP contribution in [0.3, 0.4) is 0 Å². The Balaban J connectivity index is 2.24. The van der Waals surface area contributed by atoms with Crippen molar-refractivity contribution in [2.24, 2.45) is 5.73 Å². The number of fused-ring (bicyclic) bond motifs is 1. The number of nitrogens with two attached hydrogens (primary N) is 1. The van der Waals surface area contributed by atoms with E-state index in [4.69, 9.17) is 17.3 Å². The van der Waals surface area contributed by atoms with Crippen LogP contribution in [0.15, 0.2) is 18.2 Å². The summed E-state index contributed by atoms with van der Waals surface area (Å²) in [5.41, 5.74) is 6.41. The molecule has 0 fully saturated rings. The summed E-state index contributed by atoms with van der Waals surface area (Å²) >= 11 is 5.84. The van der Waals surface area contributed by atoms with Gasteiger partial charge in [-0.3, -0.25) is 9.59 Å². The SMILES string of the molecule is COC(=O)C(N)CS(=O)(=O)C1Cc2cc(Cl)ccc2C1=O. The first kappa shape index (κ1) is 15.9. The topological polar surface area (TPSA) is 104 Å². The van der Waals surface area contributed by atoms with Crippen LogP contribution in [0.2, 0.25) is 5.02 Å². The molecule has 2 unspecified atom stereocenters. The molecule has 114 valence electrons. The van der Waals surface area contributed by atoms with Gasteiger partial charge in [-0.25, -0.2) is 8.42 Å². The number of esters is 1. The summed E-state index contributed by atoms with van der Waals surface area (Å²) < 4.78 is 29.0. The lowest BCUT2D eigenvalue weighted by atomic mass is 10.1. The number of ketones is 1. The summed E-state index contributed by atoms with van der Waals surface area (Å²) in [6, 6.07) is 3.31. The van der Waals surface area contributed by atoms with Gasteiger partial charge >= 0.3 is 5.97 Å². The Hall–Kier alpha value is -1.44. The number of ether oxygens (including phenoxy) is 1. The van der Waals surface area contributed by atoms with E-state index in [1.54, 1.807) is 6.07 Å². The first-order valence-electron chi connectivity index (χ1n) is 6.14. The first-order valence-corrected chi connectivity index (χ1v) is 8.23. The molecule has 0 saturated heterocycles. The lowest BCUT2D eigenvalue weighted by Crippen LogP contribution is -2.42. The molecule has 0 saturated carbocycles. The van der Waals surface area contributed by atoms with Crippen LogP contribution < -0.4 is 5.73 Å². The number of rotatable bonds is 4. The Labute approximate surface area is 127 Å². The van der Waals surface area contributed by atoms with Crippen LogP contribution in [-0.2, 0) is 25.8 Å². The maximum atomic E-state index is 12.3. The largest absolute Gasteiger partial charge is 0.468 e. The fourth-order valence-corrected chi connectivity index (χ4v) is 4.26. The lowest BCUT2D eigenvalue weighted by molar-refractivity contribution is -0.141. The van der Waals surface area contributed by atoms with E-state index in [9.17, 15) is 18.0 Å². The zero-order chi connectivity index (χ0) is 15.8. The van der Waals surface area contributed by atoms with Crippen LogP contribution in [-0.4, -0.2) is 44.3 Å². The van der Waals surface area contributed by atoms with Crippen molar-refractivity contribution in [1.82, 2.24) is 0 Å². The summed E-state index contributed by atoms with van der Waals surface area (Å²) in [5.74, 6) is -1.94. The molecule has 0 heterocycles. The number of Topliss-reactive ketones (excluding diaryl/α,β-unsaturated/α-hetero) is 1. The van der Waals surface area contributed by atoms with Gasteiger partial charge in [-0.05, 0) is 30.2 Å². The molecule has 0 radical (unpaired) electrons. The molecule has 6 nitrogen and oxygen atoms in total. The number of methoxy groups -OCH3 is 1. The maximum absolute atomic E-state index is 12.3. The van der Waals surface area contributed by atoms with Gasteiger partial charge in [-0.15, -0.1) is 0 Å². The van der Waals surface area contributed by atoms with E-state index in [0.717, 1.165) is 7.11 Å². The number of carbonyl (C=O) groups is 2. The molecular formula is C13H14ClNO5S. The lowest BCUT2D eigenvalue weighted by Gasteiger charge is -2.13. The highest BCUT2D eigenvalue weighted by Gasteiger charge is 2.41. The Morgan fingerprint density at radius 3 is 2.81 bits per heavy atom. The third-order valence-electron chi connectivity index (χ3n) is 3.38. The van der Waals surface area contributed by atoms with Gasteiger partial charge in [0, 0.05) is 10.6 Å². The van der Waals surface area contributed by atoms with Crippen LogP contribution in [0.4, 0.5) is 0 Å². The van der Waals surface area contributed by atoms with Crippen LogP contribution in [0.5, 0.6) is 0 Å². The molecule has 0 aliphatic heterocycles. The van der Waals surface area contributed by atoms with Crippen LogP contribution in [0.25, 0.3) is 0 Å². The minimum Gasteiger partial charge on any atom is -0.468 e. The van der Waals surface area contributed by atoms with Crippen molar-refractivity contribution in [1.29, 1.82) is 0 Å². The zero-order valence-corrected chi connectivity index (χ0v) is 12.8. The average Bonchev–Trinajstić information content (AvgIpc) is 2.74. The number of carbonyl (C=O) groups excluding carboxylic acids is 2. The van der Waals surface area contributed by atoms with Crippen molar-refractivity contribution < 1.29 is 22.7 Å². The molecule has 1 aromatic rings. The van der Waals surface area contributed by atoms with Gasteiger partial charge < -0.3 is 10.5 Å². The fourth-order valence-electron chi connectivity index (χ4n) is 2.31. The van der Waals surface area contributed by atoms with Crippen molar-refractivity contribution in [2.45, 2.75) is 17.7 Å². The van der Waals surface area contributed by atoms with Crippen molar-refractivity contribution in [2.75, 3.05) is 12.9 Å².